The van der Waals surface area contributed by atoms with Gasteiger partial charge in [0.2, 0.25) is 28.6 Å². The SMILES string of the molecule is O=C(/C=C/c1ccc(O)cc1)C1=C(O)[C@](O)([C@@H]2O[C@H](CO)[C@@H](O)[C@H](O)[C@H]2O)C(O)=C(/C=C2\C(=O)C(C(=O)/C=C/c3ccc(O)cc3)=C(O)[C@@](O)([C@@H]3O[C@H](CO)[C@@H](O)[C@H](O)[C@H]3O)C2=O)C1=O. The highest BCUT2D eigenvalue weighted by Crippen LogP contribution is 2.45. The molecule has 2 aromatic rings. The fourth-order valence-corrected chi connectivity index (χ4v) is 7.68. The molecule has 2 aromatic carbocycles. The first-order valence-corrected chi connectivity index (χ1v) is 19.3. The summed E-state index contributed by atoms with van der Waals surface area (Å²) < 4.78 is 10.7. The first kappa shape index (κ1) is 48.2. The van der Waals surface area contributed by atoms with Crippen LogP contribution in [0, 0.1) is 0 Å². The summed E-state index contributed by atoms with van der Waals surface area (Å²) in [5, 5.41) is 162. The average Bonchev–Trinajstić information content (AvgIpc) is 3.28. The van der Waals surface area contributed by atoms with Crippen molar-refractivity contribution in [2.45, 2.75) is 72.2 Å². The lowest BCUT2D eigenvalue weighted by atomic mass is 9.70. The summed E-state index contributed by atoms with van der Waals surface area (Å²) in [6.45, 7) is -2.32. The van der Waals surface area contributed by atoms with Crippen LogP contribution >= 0.6 is 0 Å². The van der Waals surface area contributed by atoms with E-state index in [0.717, 1.165) is 12.2 Å². The molecule has 22 heteroatoms. The average molecular weight is 911 g/mol. The first-order chi connectivity index (χ1) is 30.5. The Morgan fingerprint density at radius 2 is 0.923 bits per heavy atom. The van der Waals surface area contributed by atoms with Crippen molar-refractivity contribution in [1.82, 2.24) is 0 Å². The third kappa shape index (κ3) is 8.22. The van der Waals surface area contributed by atoms with E-state index in [4.69, 9.17) is 9.47 Å². The highest BCUT2D eigenvalue weighted by Gasteiger charge is 2.64. The van der Waals surface area contributed by atoms with Crippen molar-refractivity contribution in [3.05, 3.63) is 117 Å². The number of benzene rings is 2. The summed E-state index contributed by atoms with van der Waals surface area (Å²) in [7, 11) is 0. The van der Waals surface area contributed by atoms with E-state index < -0.39 is 154 Å². The lowest BCUT2D eigenvalue weighted by Crippen LogP contribution is -2.69. The van der Waals surface area contributed by atoms with Crippen LogP contribution in [0.5, 0.6) is 11.5 Å². The number of aliphatic hydroxyl groups excluding tert-OH is 11. The van der Waals surface area contributed by atoms with Crippen molar-refractivity contribution in [3.8, 4) is 11.5 Å². The Labute approximate surface area is 365 Å². The number of carbonyl (C=O) groups excluding carboxylic acids is 5. The van der Waals surface area contributed by atoms with Crippen molar-refractivity contribution in [2.24, 2.45) is 0 Å². The second-order valence-electron chi connectivity index (χ2n) is 15.4. The molecule has 0 bridgehead atoms. The van der Waals surface area contributed by atoms with Gasteiger partial charge in [0.05, 0.1) is 24.4 Å². The van der Waals surface area contributed by atoms with Gasteiger partial charge in [-0.2, -0.15) is 0 Å². The standard InChI is InChI=1S/C43H42O22/c44-14-24-30(52)32(54)34(56)40(64-24)42(62)36(58)20(28(50)26(38(42)60)22(48)11-5-16-1-7-18(46)8-2-16)13-21-29(51)27(23(49)12-6-17-3-9-19(47)10-4-17)39(61)43(63,37(21)59)41-35(57)33(55)31(53)25(15-45)65-41/h1-13,24-25,30-35,40-41,44-47,52-58,60-63H,14-15H2/b11-5+,12-6+,21-13+/t24-,25-,30-,31-,32+,33+,34-,35-,40-,41-,42+,43-/m1/s1. The van der Waals surface area contributed by atoms with Gasteiger partial charge in [-0.05, 0) is 53.6 Å². The molecular formula is C43H42O22. The highest BCUT2D eigenvalue weighted by atomic mass is 16.6. The number of ether oxygens (including phenoxy) is 2. The first-order valence-electron chi connectivity index (χ1n) is 19.3. The second-order valence-corrected chi connectivity index (χ2v) is 15.4. The maximum absolute atomic E-state index is 14.5. The minimum absolute atomic E-state index is 0.0686. The Hall–Kier alpha value is -6.25. The molecule has 12 atom stereocenters. The van der Waals surface area contributed by atoms with Gasteiger partial charge in [-0.3, -0.25) is 24.0 Å². The Bertz CT molecular complexity index is 2460. The summed E-state index contributed by atoms with van der Waals surface area (Å²) in [5.41, 5.74) is -13.4. The molecule has 2 heterocycles. The summed E-state index contributed by atoms with van der Waals surface area (Å²) in [6.07, 6.45) is -19.9. The number of Topliss-reactive ketones (excluding diaryl/α,β-unsaturated/α-hetero) is 3. The number of ketones is 5. The number of aromatic hydroxyl groups is 2. The van der Waals surface area contributed by atoms with E-state index in [1.807, 2.05) is 0 Å². The van der Waals surface area contributed by atoms with Gasteiger partial charge in [-0.25, -0.2) is 0 Å². The summed E-state index contributed by atoms with van der Waals surface area (Å²) >= 11 is 0. The van der Waals surface area contributed by atoms with Gasteiger partial charge in [-0.15, -0.1) is 0 Å². The van der Waals surface area contributed by atoms with Gasteiger partial charge >= 0.3 is 0 Å². The van der Waals surface area contributed by atoms with Crippen LogP contribution in [0.2, 0.25) is 0 Å². The van der Waals surface area contributed by atoms with Crippen LogP contribution in [-0.2, 0) is 33.4 Å². The van der Waals surface area contributed by atoms with E-state index in [-0.39, 0.29) is 28.7 Å². The lowest BCUT2D eigenvalue weighted by Gasteiger charge is -2.47. The van der Waals surface area contributed by atoms with Gasteiger partial charge in [0, 0.05) is 0 Å². The molecule has 0 radical (unpaired) electrons. The number of aliphatic hydroxyl groups is 13. The van der Waals surface area contributed by atoms with Crippen molar-refractivity contribution < 1.29 is 110 Å². The smallest absolute Gasteiger partial charge is 0.214 e. The number of allylic oxidation sites excluding steroid dienone is 6. The summed E-state index contributed by atoms with van der Waals surface area (Å²) in [5.74, 6) is -14.7. The van der Waals surface area contributed by atoms with Crippen LogP contribution in [0.25, 0.3) is 12.2 Å². The molecule has 2 aliphatic heterocycles. The van der Waals surface area contributed by atoms with Gasteiger partial charge in [0.1, 0.15) is 101 Å². The maximum Gasteiger partial charge on any atom is 0.214 e. The largest absolute Gasteiger partial charge is 0.508 e. The molecule has 0 aromatic heterocycles. The van der Waals surface area contributed by atoms with Gasteiger partial charge in [-0.1, -0.05) is 36.4 Å². The summed E-state index contributed by atoms with van der Waals surface area (Å²) in [6, 6.07) is 9.97. The number of rotatable bonds is 11. The van der Waals surface area contributed by atoms with Gasteiger partial charge in [0.25, 0.3) is 0 Å². The Kier molecular flexibility index (Phi) is 13.6. The van der Waals surface area contributed by atoms with Crippen LogP contribution in [0.1, 0.15) is 11.1 Å². The molecule has 65 heavy (non-hydrogen) atoms. The molecule has 2 saturated heterocycles. The predicted octanol–water partition coefficient (Wildman–Crippen LogP) is -3.79. The summed E-state index contributed by atoms with van der Waals surface area (Å²) in [4.78, 5) is 70.9. The van der Waals surface area contributed by atoms with Crippen LogP contribution in [0.15, 0.2) is 106 Å². The van der Waals surface area contributed by atoms with Crippen molar-refractivity contribution in [1.29, 1.82) is 0 Å². The molecule has 0 unspecified atom stereocenters. The molecule has 0 saturated carbocycles. The van der Waals surface area contributed by atoms with Crippen LogP contribution < -0.4 is 0 Å². The van der Waals surface area contributed by atoms with Crippen LogP contribution in [-0.4, -0.2) is 191 Å². The van der Waals surface area contributed by atoms with E-state index in [2.05, 4.69) is 0 Å². The molecule has 22 nitrogen and oxygen atoms in total. The lowest BCUT2D eigenvalue weighted by molar-refractivity contribution is -0.265. The van der Waals surface area contributed by atoms with E-state index in [1.165, 1.54) is 48.5 Å². The quantitative estimate of drug-likeness (QED) is 0.0759. The normalized spacial score (nSPS) is 34.4. The number of carbonyl (C=O) groups is 5. The number of phenolic OH excluding ortho intramolecular Hbond substituents is 2. The van der Waals surface area contributed by atoms with Gasteiger partial charge in [0.15, 0.2) is 11.6 Å². The Morgan fingerprint density at radius 3 is 1.34 bits per heavy atom. The minimum Gasteiger partial charge on any atom is -0.508 e. The molecule has 15 N–H and O–H groups in total. The Balaban J connectivity index is 1.59. The van der Waals surface area contributed by atoms with Gasteiger partial charge < -0.3 is 86.1 Å². The fraction of sp³-hybridized carbons (Fsp3) is 0.326. The highest BCUT2D eigenvalue weighted by molar-refractivity contribution is 6.42. The monoisotopic (exact) mass is 910 g/mol. The topological polar surface area (TPSA) is 407 Å². The molecule has 0 spiro atoms. The molecule has 2 aliphatic carbocycles. The molecule has 4 aliphatic rings. The number of hydrogen-bond donors (Lipinski definition) is 15. The molecule has 0 amide bonds. The van der Waals surface area contributed by atoms with Crippen molar-refractivity contribution >= 4 is 41.1 Å². The fourth-order valence-electron chi connectivity index (χ4n) is 7.68. The third-order valence-corrected chi connectivity index (χ3v) is 11.4. The number of hydrogen-bond acceptors (Lipinski definition) is 22. The molecule has 6 rings (SSSR count). The second kappa shape index (κ2) is 18.3. The molecule has 346 valence electrons. The minimum atomic E-state index is -3.89. The maximum atomic E-state index is 14.5. The van der Waals surface area contributed by atoms with Crippen molar-refractivity contribution in [2.75, 3.05) is 13.2 Å². The zero-order chi connectivity index (χ0) is 48.0. The third-order valence-electron chi connectivity index (χ3n) is 11.4. The number of phenols is 2. The predicted molar refractivity (Wildman–Crippen MR) is 214 cm³/mol. The van der Waals surface area contributed by atoms with E-state index >= 15 is 0 Å². The van der Waals surface area contributed by atoms with Crippen LogP contribution in [0.4, 0.5) is 0 Å². The molecular weight excluding hydrogens is 868 g/mol. The van der Waals surface area contributed by atoms with E-state index in [9.17, 15) is 101 Å². The van der Waals surface area contributed by atoms with E-state index in [1.54, 1.807) is 0 Å². The van der Waals surface area contributed by atoms with Crippen molar-refractivity contribution in [3.63, 3.8) is 0 Å². The zero-order valence-corrected chi connectivity index (χ0v) is 33.3. The zero-order valence-electron chi connectivity index (χ0n) is 33.3. The molecule has 2 fully saturated rings. The Morgan fingerprint density at radius 1 is 0.538 bits per heavy atom. The van der Waals surface area contributed by atoms with Crippen LogP contribution in [0.3, 0.4) is 0 Å². The van der Waals surface area contributed by atoms with E-state index in [0.29, 0.717) is 12.2 Å².